The second kappa shape index (κ2) is 4.06. The fraction of sp³-hybridized carbons (Fsp3) is 0.867. The Morgan fingerprint density at radius 1 is 1.11 bits per heavy atom. The highest BCUT2D eigenvalue weighted by atomic mass is 16.3. The topological polar surface area (TPSA) is 60.7 Å². The van der Waals surface area contributed by atoms with Crippen molar-refractivity contribution in [2.45, 2.75) is 70.2 Å². The van der Waals surface area contributed by atoms with E-state index in [0.717, 1.165) is 12.0 Å². The van der Waals surface area contributed by atoms with Crippen LogP contribution in [0.3, 0.4) is 0 Å². The third-order valence-corrected chi connectivity index (χ3v) is 5.10. The second-order valence-electron chi connectivity index (χ2n) is 6.97. The molecule has 0 aliphatic heterocycles. The molecule has 0 amide bonds. The van der Waals surface area contributed by atoms with Crippen molar-refractivity contribution in [3.63, 3.8) is 0 Å². The molecule has 104 valence electrons. The van der Waals surface area contributed by atoms with Crippen LogP contribution in [0.15, 0.2) is 11.6 Å². The maximum Gasteiger partial charge on any atom is 0.0855 e. The lowest BCUT2D eigenvalue weighted by Gasteiger charge is -2.31. The summed E-state index contributed by atoms with van der Waals surface area (Å²) < 4.78 is 0. The van der Waals surface area contributed by atoms with Crippen molar-refractivity contribution in [2.24, 2.45) is 11.8 Å². The van der Waals surface area contributed by atoms with E-state index in [0.29, 0.717) is 19.3 Å². The molecular weight excluding hydrogens is 228 g/mol. The smallest absolute Gasteiger partial charge is 0.0855 e. The third-order valence-electron chi connectivity index (χ3n) is 5.10. The Labute approximate surface area is 110 Å². The van der Waals surface area contributed by atoms with E-state index in [1.807, 2.05) is 26.8 Å². The Morgan fingerprint density at radius 2 is 1.72 bits per heavy atom. The van der Waals surface area contributed by atoms with Gasteiger partial charge in [0.2, 0.25) is 0 Å². The zero-order valence-corrected chi connectivity index (χ0v) is 11.9. The quantitative estimate of drug-likeness (QED) is 0.627. The van der Waals surface area contributed by atoms with Gasteiger partial charge in [-0.1, -0.05) is 19.9 Å². The summed E-state index contributed by atoms with van der Waals surface area (Å²) in [6.07, 6.45) is 4.42. The van der Waals surface area contributed by atoms with Crippen LogP contribution in [-0.2, 0) is 0 Å². The fourth-order valence-electron chi connectivity index (χ4n) is 3.43. The molecule has 4 atom stereocenters. The largest absolute Gasteiger partial charge is 0.390 e. The number of rotatable bonds is 1. The molecule has 18 heavy (non-hydrogen) atoms. The van der Waals surface area contributed by atoms with Gasteiger partial charge in [0.25, 0.3) is 0 Å². The highest BCUT2D eigenvalue weighted by molar-refractivity contribution is 5.31. The monoisotopic (exact) mass is 254 g/mol. The number of hydrogen-bond donors (Lipinski definition) is 3. The standard InChI is InChI=1S/C15H26O3/c1-10(2)15(18)8-7-14(4,17)11-5-6-13(3,16)12(11)9-15/h9-11,16-18H,5-8H2,1-4H3/t11-,13+,14-,15-/m1/s1. The van der Waals surface area contributed by atoms with Crippen molar-refractivity contribution >= 4 is 0 Å². The first-order chi connectivity index (χ1) is 8.08. The molecule has 3 N–H and O–H groups in total. The summed E-state index contributed by atoms with van der Waals surface area (Å²) in [6, 6.07) is 0. The molecular formula is C15H26O3. The van der Waals surface area contributed by atoms with E-state index >= 15 is 0 Å². The first-order valence-electron chi connectivity index (χ1n) is 6.99. The summed E-state index contributed by atoms with van der Waals surface area (Å²) >= 11 is 0. The molecule has 1 fully saturated rings. The SMILES string of the molecule is CC(C)[C@]1(O)C=C2[C@@H](CC[C@]2(C)O)[C@](C)(O)CC1. The van der Waals surface area contributed by atoms with Gasteiger partial charge in [0.1, 0.15) is 0 Å². The molecule has 2 aliphatic carbocycles. The maximum absolute atomic E-state index is 10.7. The molecule has 0 bridgehead atoms. The van der Waals surface area contributed by atoms with Crippen LogP contribution in [0, 0.1) is 11.8 Å². The van der Waals surface area contributed by atoms with Crippen molar-refractivity contribution in [3.8, 4) is 0 Å². The van der Waals surface area contributed by atoms with Crippen molar-refractivity contribution in [3.05, 3.63) is 11.6 Å². The highest BCUT2D eigenvalue weighted by Gasteiger charge is 2.50. The van der Waals surface area contributed by atoms with Crippen LogP contribution in [0.25, 0.3) is 0 Å². The molecule has 0 saturated heterocycles. The van der Waals surface area contributed by atoms with Crippen molar-refractivity contribution in [2.75, 3.05) is 0 Å². The van der Waals surface area contributed by atoms with Gasteiger partial charge in [-0.3, -0.25) is 0 Å². The average Bonchev–Trinajstić information content (AvgIpc) is 2.46. The van der Waals surface area contributed by atoms with Crippen LogP contribution < -0.4 is 0 Å². The van der Waals surface area contributed by atoms with Crippen LogP contribution in [-0.4, -0.2) is 32.1 Å². The van der Waals surface area contributed by atoms with Gasteiger partial charge in [0, 0.05) is 5.92 Å². The van der Waals surface area contributed by atoms with Crippen molar-refractivity contribution in [1.29, 1.82) is 0 Å². The van der Waals surface area contributed by atoms with E-state index in [4.69, 9.17) is 0 Å². The highest BCUT2D eigenvalue weighted by Crippen LogP contribution is 2.50. The molecule has 0 aromatic rings. The van der Waals surface area contributed by atoms with Gasteiger partial charge >= 0.3 is 0 Å². The summed E-state index contributed by atoms with van der Waals surface area (Å²) in [5.74, 6) is 0.0521. The van der Waals surface area contributed by atoms with Crippen LogP contribution in [0.1, 0.15) is 53.4 Å². The van der Waals surface area contributed by atoms with Gasteiger partial charge in [-0.15, -0.1) is 0 Å². The minimum atomic E-state index is -0.914. The van der Waals surface area contributed by atoms with Crippen LogP contribution in [0.4, 0.5) is 0 Å². The van der Waals surface area contributed by atoms with E-state index in [1.54, 1.807) is 6.92 Å². The minimum Gasteiger partial charge on any atom is -0.390 e. The van der Waals surface area contributed by atoms with E-state index in [9.17, 15) is 15.3 Å². The molecule has 2 rings (SSSR count). The molecule has 0 radical (unpaired) electrons. The zero-order valence-electron chi connectivity index (χ0n) is 11.9. The average molecular weight is 254 g/mol. The first kappa shape index (κ1) is 14.0. The van der Waals surface area contributed by atoms with Gasteiger partial charge in [-0.25, -0.2) is 0 Å². The molecule has 2 aliphatic rings. The Balaban J connectivity index is 2.49. The minimum absolute atomic E-state index is 0.0275. The Morgan fingerprint density at radius 3 is 2.28 bits per heavy atom. The number of fused-ring (bicyclic) bond motifs is 1. The van der Waals surface area contributed by atoms with Crippen molar-refractivity contribution in [1.82, 2.24) is 0 Å². The van der Waals surface area contributed by atoms with Crippen LogP contribution in [0.5, 0.6) is 0 Å². The predicted octanol–water partition coefficient (Wildman–Crippen LogP) is 2.01. The molecule has 0 aromatic carbocycles. The van der Waals surface area contributed by atoms with Gasteiger partial charge in [0.15, 0.2) is 0 Å². The number of hydrogen-bond acceptors (Lipinski definition) is 3. The lowest BCUT2D eigenvalue weighted by atomic mass is 9.81. The maximum atomic E-state index is 10.7. The summed E-state index contributed by atoms with van der Waals surface area (Å²) in [6.45, 7) is 7.59. The summed E-state index contributed by atoms with van der Waals surface area (Å²) in [4.78, 5) is 0. The Bertz CT molecular complexity index is 368. The summed E-state index contributed by atoms with van der Waals surface area (Å²) in [5.41, 5.74) is -1.79. The van der Waals surface area contributed by atoms with E-state index < -0.39 is 16.8 Å². The fourth-order valence-corrected chi connectivity index (χ4v) is 3.43. The Kier molecular flexibility index (Phi) is 3.16. The Hall–Kier alpha value is -0.380. The summed E-state index contributed by atoms with van der Waals surface area (Å²) in [5, 5.41) is 31.8. The number of aliphatic hydroxyl groups is 3. The van der Waals surface area contributed by atoms with Gasteiger partial charge in [-0.05, 0) is 51.0 Å². The third kappa shape index (κ3) is 2.13. The van der Waals surface area contributed by atoms with Crippen molar-refractivity contribution < 1.29 is 15.3 Å². The molecule has 0 spiro atoms. The molecule has 0 unspecified atom stereocenters. The van der Waals surface area contributed by atoms with Gasteiger partial charge in [-0.2, -0.15) is 0 Å². The van der Waals surface area contributed by atoms with Gasteiger partial charge < -0.3 is 15.3 Å². The molecule has 3 nitrogen and oxygen atoms in total. The van der Waals surface area contributed by atoms with E-state index in [2.05, 4.69) is 0 Å². The lowest BCUT2D eigenvalue weighted by Crippen LogP contribution is -2.36. The molecule has 0 aromatic heterocycles. The lowest BCUT2D eigenvalue weighted by molar-refractivity contribution is -0.0211. The van der Waals surface area contributed by atoms with Crippen LogP contribution >= 0.6 is 0 Å². The van der Waals surface area contributed by atoms with E-state index in [1.165, 1.54) is 0 Å². The van der Waals surface area contributed by atoms with Gasteiger partial charge in [0.05, 0.1) is 16.8 Å². The summed E-state index contributed by atoms with van der Waals surface area (Å²) in [7, 11) is 0. The zero-order chi connectivity index (χ0) is 13.8. The second-order valence-corrected chi connectivity index (χ2v) is 6.97. The predicted molar refractivity (Wildman–Crippen MR) is 71.1 cm³/mol. The normalized spacial score (nSPS) is 48.9. The molecule has 0 heterocycles. The van der Waals surface area contributed by atoms with E-state index in [-0.39, 0.29) is 11.8 Å². The van der Waals surface area contributed by atoms with Crippen LogP contribution in [0.2, 0.25) is 0 Å². The first-order valence-corrected chi connectivity index (χ1v) is 6.99. The molecule has 3 heteroatoms. The molecule has 1 saturated carbocycles.